The molecule has 0 amide bonds. The molecule has 0 heterocycles. The molecule has 0 fully saturated rings. The molecule has 0 aliphatic carbocycles. The minimum absolute atomic E-state index is 0.0586. The van der Waals surface area contributed by atoms with E-state index in [-0.39, 0.29) is 16.0 Å². The van der Waals surface area contributed by atoms with Gasteiger partial charge in [0, 0.05) is 6.04 Å². The third kappa shape index (κ3) is 3.11. The lowest BCUT2D eigenvalue weighted by Crippen LogP contribution is -2.35. The Morgan fingerprint density at radius 2 is 2.05 bits per heavy atom. The van der Waals surface area contributed by atoms with Crippen molar-refractivity contribution in [3.05, 3.63) is 33.1 Å². The molecule has 1 aromatic carbocycles. The van der Waals surface area contributed by atoms with Gasteiger partial charge in [-0.25, -0.2) is 13.1 Å². The Hall–Kier alpha value is -1.58. The van der Waals surface area contributed by atoms with Crippen molar-refractivity contribution in [3.8, 4) is 0 Å². The first-order valence-electron chi connectivity index (χ1n) is 5.69. The van der Waals surface area contributed by atoms with E-state index in [9.17, 15) is 22.9 Å². The van der Waals surface area contributed by atoms with E-state index in [0.717, 1.165) is 6.07 Å². The van der Waals surface area contributed by atoms with Crippen molar-refractivity contribution >= 4 is 15.7 Å². The summed E-state index contributed by atoms with van der Waals surface area (Å²) in [6.45, 7) is 3.52. The van der Waals surface area contributed by atoms with Crippen LogP contribution in [0.5, 0.6) is 0 Å². The number of hydrogen-bond donors (Lipinski definition) is 2. The molecule has 0 saturated heterocycles. The van der Waals surface area contributed by atoms with Crippen LogP contribution in [0.4, 0.5) is 10.1 Å². The number of aryl methyl sites for hydroxylation is 1. The predicted molar refractivity (Wildman–Crippen MR) is 69.4 cm³/mol. The van der Waals surface area contributed by atoms with Gasteiger partial charge in [0.05, 0.1) is 22.0 Å². The largest absolute Gasteiger partial charge is 0.395 e. The van der Waals surface area contributed by atoms with Crippen molar-refractivity contribution in [2.24, 2.45) is 0 Å². The molecule has 7 nitrogen and oxygen atoms in total. The Balaban J connectivity index is 3.53. The molecule has 0 spiro atoms. The Kier molecular flexibility index (Phi) is 4.79. The Bertz CT molecular complexity index is 645. The van der Waals surface area contributed by atoms with Crippen molar-refractivity contribution < 1.29 is 22.8 Å². The van der Waals surface area contributed by atoms with Crippen LogP contribution in [0.3, 0.4) is 0 Å². The number of nitrogens with one attached hydrogen (secondary N) is 1. The zero-order valence-corrected chi connectivity index (χ0v) is 12.0. The molecule has 0 unspecified atom stereocenters. The zero-order chi connectivity index (χ0) is 15.7. The SMILES string of the molecule is Cc1cc(F)c([N+](=O)[O-])c(C)c1S(=O)(=O)N[C@@H](C)CO. The number of rotatable bonds is 5. The van der Waals surface area contributed by atoms with Crippen LogP contribution in [-0.4, -0.2) is 31.1 Å². The molecule has 0 radical (unpaired) electrons. The highest BCUT2D eigenvalue weighted by Gasteiger charge is 2.29. The van der Waals surface area contributed by atoms with Gasteiger partial charge in [-0.3, -0.25) is 10.1 Å². The lowest BCUT2D eigenvalue weighted by molar-refractivity contribution is -0.388. The van der Waals surface area contributed by atoms with Gasteiger partial charge in [-0.2, -0.15) is 4.39 Å². The third-order valence-electron chi connectivity index (χ3n) is 2.70. The molecule has 20 heavy (non-hydrogen) atoms. The van der Waals surface area contributed by atoms with E-state index in [4.69, 9.17) is 5.11 Å². The van der Waals surface area contributed by atoms with Crippen LogP contribution in [0.1, 0.15) is 18.1 Å². The second-order valence-corrected chi connectivity index (χ2v) is 6.09. The van der Waals surface area contributed by atoms with Crippen LogP contribution in [0, 0.1) is 29.8 Å². The monoisotopic (exact) mass is 306 g/mol. The lowest BCUT2D eigenvalue weighted by atomic mass is 10.1. The van der Waals surface area contributed by atoms with Gasteiger partial charge < -0.3 is 5.11 Å². The summed E-state index contributed by atoms with van der Waals surface area (Å²) >= 11 is 0. The number of halogens is 1. The molecule has 1 aromatic rings. The van der Waals surface area contributed by atoms with Crippen molar-refractivity contribution in [3.63, 3.8) is 0 Å². The normalized spacial score (nSPS) is 13.2. The highest BCUT2D eigenvalue weighted by molar-refractivity contribution is 7.89. The van der Waals surface area contributed by atoms with Crippen LogP contribution in [0.2, 0.25) is 0 Å². The number of nitro benzene ring substituents is 1. The standard InChI is InChI=1S/C11H15FN2O5S/c1-6-4-9(12)10(14(16)17)8(3)11(6)20(18,19)13-7(2)5-15/h4,7,13,15H,5H2,1-3H3/t7-/m0/s1. The lowest BCUT2D eigenvalue weighted by Gasteiger charge is -2.15. The molecule has 1 atom stereocenters. The Labute approximate surface area is 115 Å². The maximum absolute atomic E-state index is 13.6. The molecule has 0 aliphatic rings. The Morgan fingerprint density at radius 3 is 2.50 bits per heavy atom. The van der Waals surface area contributed by atoms with Crippen LogP contribution >= 0.6 is 0 Å². The van der Waals surface area contributed by atoms with Crippen LogP contribution < -0.4 is 4.72 Å². The number of benzene rings is 1. The summed E-state index contributed by atoms with van der Waals surface area (Å²) in [4.78, 5) is 9.52. The number of aliphatic hydroxyl groups is 1. The average molecular weight is 306 g/mol. The Morgan fingerprint density at radius 1 is 1.50 bits per heavy atom. The van der Waals surface area contributed by atoms with Gasteiger partial charge in [0.25, 0.3) is 0 Å². The molecule has 0 saturated carbocycles. The minimum Gasteiger partial charge on any atom is -0.395 e. The van der Waals surface area contributed by atoms with E-state index in [2.05, 4.69) is 4.72 Å². The number of sulfonamides is 1. The van der Waals surface area contributed by atoms with Gasteiger partial charge in [0.15, 0.2) is 0 Å². The van der Waals surface area contributed by atoms with E-state index in [0.29, 0.717) is 0 Å². The van der Waals surface area contributed by atoms with Crippen molar-refractivity contribution in [1.82, 2.24) is 4.72 Å². The quantitative estimate of drug-likeness (QED) is 0.623. The fourth-order valence-electron chi connectivity index (χ4n) is 1.91. The van der Waals surface area contributed by atoms with E-state index in [1.54, 1.807) is 0 Å². The molecule has 0 bridgehead atoms. The smallest absolute Gasteiger partial charge is 0.309 e. The van der Waals surface area contributed by atoms with Crippen molar-refractivity contribution in [1.29, 1.82) is 0 Å². The summed E-state index contributed by atoms with van der Waals surface area (Å²) in [7, 11) is -4.09. The van der Waals surface area contributed by atoms with Crippen LogP contribution in [0.25, 0.3) is 0 Å². The molecular formula is C11H15FN2O5S. The van der Waals surface area contributed by atoms with Crippen molar-refractivity contribution in [2.45, 2.75) is 31.7 Å². The molecule has 112 valence electrons. The van der Waals surface area contributed by atoms with Gasteiger partial charge >= 0.3 is 5.69 Å². The van der Waals surface area contributed by atoms with Crippen molar-refractivity contribution in [2.75, 3.05) is 6.61 Å². The minimum atomic E-state index is -4.09. The van der Waals surface area contributed by atoms with Gasteiger partial charge in [0.2, 0.25) is 15.8 Å². The fraction of sp³-hybridized carbons (Fsp3) is 0.455. The van der Waals surface area contributed by atoms with E-state index in [1.807, 2.05) is 0 Å². The van der Waals surface area contributed by atoms with E-state index < -0.39 is 39.1 Å². The highest BCUT2D eigenvalue weighted by atomic mass is 32.2. The molecule has 2 N–H and O–H groups in total. The summed E-state index contributed by atoms with van der Waals surface area (Å²) in [5, 5.41) is 19.7. The van der Waals surface area contributed by atoms with Gasteiger partial charge in [0.1, 0.15) is 0 Å². The summed E-state index contributed by atoms with van der Waals surface area (Å²) in [5.74, 6) is -1.08. The number of nitro groups is 1. The second-order valence-electron chi connectivity index (χ2n) is 4.44. The first-order valence-corrected chi connectivity index (χ1v) is 7.17. The molecule has 1 rings (SSSR count). The number of nitrogens with zero attached hydrogens (tertiary/aromatic N) is 1. The third-order valence-corrected chi connectivity index (χ3v) is 4.58. The maximum atomic E-state index is 13.6. The van der Waals surface area contributed by atoms with Gasteiger partial charge in [-0.15, -0.1) is 0 Å². The van der Waals surface area contributed by atoms with Crippen LogP contribution in [0.15, 0.2) is 11.0 Å². The molecular weight excluding hydrogens is 291 g/mol. The van der Waals surface area contributed by atoms with Gasteiger partial charge in [-0.1, -0.05) is 0 Å². The number of hydrogen-bond acceptors (Lipinski definition) is 5. The summed E-state index contributed by atoms with van der Waals surface area (Å²) in [5.41, 5.74) is -1.08. The first-order chi connectivity index (χ1) is 9.11. The predicted octanol–water partition coefficient (Wildman–Crippen LogP) is 1.01. The van der Waals surface area contributed by atoms with Crippen LogP contribution in [-0.2, 0) is 10.0 Å². The molecule has 0 aliphatic heterocycles. The first kappa shape index (κ1) is 16.5. The summed E-state index contributed by atoms with van der Waals surface area (Å²) < 4.78 is 40.1. The summed E-state index contributed by atoms with van der Waals surface area (Å²) in [6.07, 6.45) is 0. The zero-order valence-electron chi connectivity index (χ0n) is 11.2. The highest BCUT2D eigenvalue weighted by Crippen LogP contribution is 2.31. The topological polar surface area (TPSA) is 110 Å². The van der Waals surface area contributed by atoms with E-state index in [1.165, 1.54) is 20.8 Å². The fourth-order valence-corrected chi connectivity index (χ4v) is 3.61. The molecule has 0 aromatic heterocycles. The average Bonchev–Trinajstić information content (AvgIpc) is 2.25. The summed E-state index contributed by atoms with van der Waals surface area (Å²) in [6, 6.07) is 0.0476. The number of aliphatic hydroxyl groups excluding tert-OH is 1. The van der Waals surface area contributed by atoms with E-state index >= 15 is 0 Å². The molecule has 9 heteroatoms. The maximum Gasteiger partial charge on any atom is 0.309 e. The second kappa shape index (κ2) is 5.81. The van der Waals surface area contributed by atoms with Gasteiger partial charge in [-0.05, 0) is 32.4 Å².